The Bertz CT molecular complexity index is 205. The van der Waals surface area contributed by atoms with Gasteiger partial charge in [0.05, 0.1) is 0 Å². The molecule has 0 fully saturated rings. The van der Waals surface area contributed by atoms with Gasteiger partial charge < -0.3 is 9.52 Å². The van der Waals surface area contributed by atoms with E-state index in [2.05, 4.69) is 4.42 Å². The molecule has 0 atom stereocenters. The highest BCUT2D eigenvalue weighted by Crippen LogP contribution is 1.99. The summed E-state index contributed by atoms with van der Waals surface area (Å²) >= 11 is 0. The first-order valence-electron chi connectivity index (χ1n) is 2.07. The maximum atomic E-state index is 10.1. The summed E-state index contributed by atoms with van der Waals surface area (Å²) in [6.07, 6.45) is 0.988. The summed E-state index contributed by atoms with van der Waals surface area (Å²) in [6.45, 7) is 0. The second-order valence-corrected chi connectivity index (χ2v) is 1.31. The van der Waals surface area contributed by atoms with Crippen molar-refractivity contribution in [2.45, 2.75) is 0 Å². The number of rotatable bonds is 0. The highest BCUT2D eigenvalue weighted by Gasteiger charge is 1.84. The number of aromatic hydroxyl groups is 1. The van der Waals surface area contributed by atoms with Gasteiger partial charge in [-0.2, -0.15) is 0 Å². The van der Waals surface area contributed by atoms with Crippen LogP contribution in [0.15, 0.2) is 27.6 Å². The number of hydrogen-bond acceptors (Lipinski definition) is 3. The van der Waals surface area contributed by atoms with Crippen LogP contribution in [0.25, 0.3) is 0 Å². The van der Waals surface area contributed by atoms with Crippen molar-refractivity contribution in [3.8, 4) is 5.75 Å². The van der Waals surface area contributed by atoms with Gasteiger partial charge in [0.1, 0.15) is 6.26 Å². The Labute approximate surface area is 45.2 Å². The van der Waals surface area contributed by atoms with Crippen molar-refractivity contribution in [1.29, 1.82) is 0 Å². The van der Waals surface area contributed by atoms with Crippen LogP contribution >= 0.6 is 0 Å². The van der Waals surface area contributed by atoms with E-state index in [0.717, 1.165) is 12.3 Å². The van der Waals surface area contributed by atoms with Crippen LogP contribution in [0, 0.1) is 0 Å². The summed E-state index contributed by atoms with van der Waals surface area (Å²) < 4.78 is 4.25. The zero-order valence-corrected chi connectivity index (χ0v) is 4.00. The van der Waals surface area contributed by atoms with Crippen molar-refractivity contribution in [2.24, 2.45) is 0 Å². The van der Waals surface area contributed by atoms with Gasteiger partial charge in [-0.25, -0.2) is 4.79 Å². The van der Waals surface area contributed by atoms with E-state index in [0.29, 0.717) is 0 Å². The van der Waals surface area contributed by atoms with Crippen LogP contribution in [0.1, 0.15) is 0 Å². The van der Waals surface area contributed by atoms with Gasteiger partial charge in [-0.05, 0) is 6.07 Å². The molecule has 1 heterocycles. The highest BCUT2D eigenvalue weighted by molar-refractivity contribution is 5.10. The summed E-state index contributed by atoms with van der Waals surface area (Å²) in [7, 11) is 0. The first-order valence-corrected chi connectivity index (χ1v) is 2.07. The van der Waals surface area contributed by atoms with Crippen molar-refractivity contribution in [2.75, 3.05) is 0 Å². The molecule has 1 aromatic rings. The van der Waals surface area contributed by atoms with Crippen molar-refractivity contribution in [3.05, 3.63) is 28.8 Å². The molecule has 8 heavy (non-hydrogen) atoms. The zero-order chi connectivity index (χ0) is 5.98. The molecule has 3 nitrogen and oxygen atoms in total. The molecule has 42 valence electrons. The van der Waals surface area contributed by atoms with Crippen LogP contribution < -0.4 is 5.63 Å². The molecule has 1 aromatic heterocycles. The molecule has 0 aliphatic heterocycles. The Morgan fingerprint density at radius 2 is 2.25 bits per heavy atom. The molecular formula is C5H4O3. The number of hydrogen-bond donors (Lipinski definition) is 1. The topological polar surface area (TPSA) is 50.4 Å². The van der Waals surface area contributed by atoms with E-state index in [4.69, 9.17) is 5.11 Å². The van der Waals surface area contributed by atoms with Crippen LogP contribution in [0.3, 0.4) is 0 Å². The monoisotopic (exact) mass is 112 g/mol. The molecule has 0 aliphatic carbocycles. The van der Waals surface area contributed by atoms with Crippen LogP contribution in [-0.4, -0.2) is 5.11 Å². The largest absolute Gasteiger partial charge is 0.505 e. The second-order valence-electron chi connectivity index (χ2n) is 1.31. The fourth-order valence-corrected chi connectivity index (χ4v) is 0.350. The minimum absolute atomic E-state index is 0.0374. The Hall–Kier alpha value is -1.25. The van der Waals surface area contributed by atoms with Gasteiger partial charge in [0.15, 0.2) is 5.75 Å². The molecule has 0 bridgehead atoms. The molecule has 0 aromatic carbocycles. The second kappa shape index (κ2) is 1.69. The zero-order valence-electron chi connectivity index (χ0n) is 4.00. The van der Waals surface area contributed by atoms with Gasteiger partial charge in [0, 0.05) is 6.07 Å². The molecule has 1 rings (SSSR count). The predicted molar refractivity (Wildman–Crippen MR) is 26.6 cm³/mol. The smallest absolute Gasteiger partial charge is 0.335 e. The Balaban J connectivity index is 3.22. The van der Waals surface area contributed by atoms with E-state index in [1.807, 2.05) is 0 Å². The van der Waals surface area contributed by atoms with Crippen molar-refractivity contribution >= 4 is 0 Å². The molecule has 3 heteroatoms. The van der Waals surface area contributed by atoms with Gasteiger partial charge in [0.25, 0.3) is 0 Å². The van der Waals surface area contributed by atoms with E-state index in [-0.39, 0.29) is 5.75 Å². The Kier molecular flexibility index (Phi) is 1.04. The maximum Gasteiger partial charge on any atom is 0.335 e. The lowest BCUT2D eigenvalue weighted by atomic mass is 10.5. The van der Waals surface area contributed by atoms with Gasteiger partial charge in [-0.15, -0.1) is 0 Å². The Morgan fingerprint density at radius 1 is 1.50 bits per heavy atom. The molecular weight excluding hydrogens is 108 g/mol. The molecule has 0 amide bonds. The third-order valence-electron chi connectivity index (χ3n) is 0.686. The third kappa shape index (κ3) is 0.872. The average Bonchev–Trinajstić information content (AvgIpc) is 1.77. The van der Waals surface area contributed by atoms with Gasteiger partial charge in [-0.3, -0.25) is 0 Å². The van der Waals surface area contributed by atoms with E-state index in [1.165, 1.54) is 6.07 Å². The standard InChI is InChI=1S/C5H4O3/c6-4-1-2-5(7)8-3-4/h1-3,6H. The molecule has 0 saturated heterocycles. The molecule has 0 unspecified atom stereocenters. The van der Waals surface area contributed by atoms with E-state index in [1.54, 1.807) is 0 Å². The van der Waals surface area contributed by atoms with Crippen LogP contribution in [-0.2, 0) is 0 Å². The van der Waals surface area contributed by atoms with Crippen LogP contribution in [0.5, 0.6) is 5.75 Å². The minimum Gasteiger partial charge on any atom is -0.505 e. The van der Waals surface area contributed by atoms with E-state index < -0.39 is 5.63 Å². The summed E-state index contributed by atoms with van der Waals surface area (Å²) in [4.78, 5) is 10.1. The van der Waals surface area contributed by atoms with Gasteiger partial charge >= 0.3 is 5.63 Å². The summed E-state index contributed by atoms with van der Waals surface area (Å²) in [5.74, 6) is -0.0374. The maximum absolute atomic E-state index is 10.1. The van der Waals surface area contributed by atoms with Crippen LogP contribution in [0.2, 0.25) is 0 Å². The van der Waals surface area contributed by atoms with Gasteiger partial charge in [-0.1, -0.05) is 0 Å². The SMILES string of the molecule is O=c1ccc(O)co1. The van der Waals surface area contributed by atoms with E-state index in [9.17, 15) is 4.79 Å². The predicted octanol–water partition coefficient (Wildman–Crippen LogP) is 0.345. The van der Waals surface area contributed by atoms with Gasteiger partial charge in [0.2, 0.25) is 0 Å². The molecule has 1 N–H and O–H groups in total. The molecule has 0 aliphatic rings. The lowest BCUT2D eigenvalue weighted by Crippen LogP contribution is -1.91. The Morgan fingerprint density at radius 3 is 2.62 bits per heavy atom. The normalized spacial score (nSPS) is 9.00. The van der Waals surface area contributed by atoms with Crippen molar-refractivity contribution in [3.63, 3.8) is 0 Å². The lowest BCUT2D eigenvalue weighted by Gasteiger charge is -1.82. The molecule has 0 spiro atoms. The fourth-order valence-electron chi connectivity index (χ4n) is 0.350. The van der Waals surface area contributed by atoms with Crippen LogP contribution in [0.4, 0.5) is 0 Å². The lowest BCUT2D eigenvalue weighted by molar-refractivity contribution is 0.423. The fraction of sp³-hybridized carbons (Fsp3) is 0. The van der Waals surface area contributed by atoms with Crippen molar-refractivity contribution < 1.29 is 9.52 Å². The average molecular weight is 112 g/mol. The first kappa shape index (κ1) is 4.90. The summed E-state index contributed by atoms with van der Waals surface area (Å²) in [5, 5.41) is 8.52. The van der Waals surface area contributed by atoms with Crippen molar-refractivity contribution in [1.82, 2.24) is 0 Å². The third-order valence-corrected chi connectivity index (χ3v) is 0.686. The minimum atomic E-state index is -0.456. The van der Waals surface area contributed by atoms with E-state index >= 15 is 0 Å². The molecule has 0 saturated carbocycles. The summed E-state index contributed by atoms with van der Waals surface area (Å²) in [5.41, 5.74) is -0.456. The highest BCUT2D eigenvalue weighted by atomic mass is 16.4. The first-order chi connectivity index (χ1) is 3.79. The molecule has 0 radical (unpaired) electrons. The summed E-state index contributed by atoms with van der Waals surface area (Å²) in [6, 6.07) is 2.42. The quantitative estimate of drug-likeness (QED) is 0.526.